The summed E-state index contributed by atoms with van der Waals surface area (Å²) in [4.78, 5) is 3.97. The average Bonchev–Trinajstić information content (AvgIpc) is 2.30. The number of anilines is 1. The molecule has 16 heavy (non-hydrogen) atoms. The lowest BCUT2D eigenvalue weighted by molar-refractivity contribution is 0.475. The van der Waals surface area contributed by atoms with Crippen LogP contribution in [0.2, 0.25) is 5.15 Å². The number of halogens is 1. The number of aromatic nitrogens is 1. The van der Waals surface area contributed by atoms with Gasteiger partial charge in [0.2, 0.25) is 0 Å². The van der Waals surface area contributed by atoms with E-state index in [0.29, 0.717) is 11.7 Å². The van der Waals surface area contributed by atoms with Crippen LogP contribution in [0.25, 0.3) is 0 Å². The summed E-state index contributed by atoms with van der Waals surface area (Å²) in [5, 5.41) is 12.8. The van der Waals surface area contributed by atoms with Gasteiger partial charge < -0.3 is 10.4 Å². The summed E-state index contributed by atoms with van der Waals surface area (Å²) in [5.41, 5.74) is 1.87. The zero-order valence-corrected chi connectivity index (χ0v) is 9.28. The highest BCUT2D eigenvalue weighted by molar-refractivity contribution is 6.31. The molecule has 1 aromatic heterocycles. The quantitative estimate of drug-likeness (QED) is 0.803. The van der Waals surface area contributed by atoms with Gasteiger partial charge in [0.15, 0.2) is 5.15 Å². The Labute approximate surface area is 98.7 Å². The number of nitrogens with zero attached hydrogens (tertiary/aromatic N) is 1. The molecular formula is C12H11ClN2O. The van der Waals surface area contributed by atoms with Crippen molar-refractivity contribution in [2.75, 3.05) is 5.32 Å². The fourth-order valence-electron chi connectivity index (χ4n) is 1.33. The van der Waals surface area contributed by atoms with Crippen LogP contribution in [-0.4, -0.2) is 10.1 Å². The highest BCUT2D eigenvalue weighted by Crippen LogP contribution is 2.18. The molecule has 0 unspecified atom stereocenters. The van der Waals surface area contributed by atoms with E-state index in [1.807, 2.05) is 24.3 Å². The van der Waals surface area contributed by atoms with E-state index in [9.17, 15) is 0 Å². The molecule has 2 N–H and O–H groups in total. The number of phenols is 1. The molecule has 82 valence electrons. The SMILES string of the molecule is Oc1ccc(CNc2cccnc2Cl)cc1. The molecule has 0 aliphatic carbocycles. The summed E-state index contributed by atoms with van der Waals surface area (Å²) in [6, 6.07) is 10.7. The molecule has 0 bridgehead atoms. The molecule has 0 aliphatic rings. The first kappa shape index (κ1) is 10.8. The number of hydrogen-bond donors (Lipinski definition) is 2. The Hall–Kier alpha value is -1.74. The summed E-state index contributed by atoms with van der Waals surface area (Å²) in [7, 11) is 0. The Bertz CT molecular complexity index is 471. The Morgan fingerprint density at radius 3 is 2.62 bits per heavy atom. The molecule has 0 amide bonds. The standard InChI is InChI=1S/C12H11ClN2O/c13-12-11(2-1-7-14-12)15-8-9-3-5-10(16)6-4-9/h1-7,15-16H,8H2. The van der Waals surface area contributed by atoms with Crippen molar-refractivity contribution in [2.24, 2.45) is 0 Å². The first-order chi connectivity index (χ1) is 7.75. The number of phenolic OH excluding ortho intramolecular Hbond substituents is 1. The first-order valence-electron chi connectivity index (χ1n) is 4.88. The topological polar surface area (TPSA) is 45.1 Å². The van der Waals surface area contributed by atoms with Gasteiger partial charge in [-0.15, -0.1) is 0 Å². The minimum Gasteiger partial charge on any atom is -0.508 e. The molecule has 0 saturated carbocycles. The van der Waals surface area contributed by atoms with E-state index in [1.54, 1.807) is 18.3 Å². The fourth-order valence-corrected chi connectivity index (χ4v) is 1.52. The van der Waals surface area contributed by atoms with Crippen molar-refractivity contribution in [3.63, 3.8) is 0 Å². The van der Waals surface area contributed by atoms with Crippen molar-refractivity contribution in [3.8, 4) is 5.75 Å². The smallest absolute Gasteiger partial charge is 0.152 e. The zero-order chi connectivity index (χ0) is 11.4. The number of hydrogen-bond acceptors (Lipinski definition) is 3. The second-order valence-electron chi connectivity index (χ2n) is 3.36. The fraction of sp³-hybridized carbons (Fsp3) is 0.0833. The molecule has 2 rings (SSSR count). The van der Waals surface area contributed by atoms with E-state index in [2.05, 4.69) is 10.3 Å². The van der Waals surface area contributed by atoms with Gasteiger partial charge in [-0.3, -0.25) is 0 Å². The van der Waals surface area contributed by atoms with Crippen molar-refractivity contribution in [3.05, 3.63) is 53.3 Å². The number of aromatic hydroxyl groups is 1. The molecule has 1 heterocycles. The molecule has 0 saturated heterocycles. The number of benzene rings is 1. The normalized spacial score (nSPS) is 10.1. The summed E-state index contributed by atoms with van der Waals surface area (Å²) < 4.78 is 0. The molecule has 0 aliphatic heterocycles. The molecule has 2 aromatic rings. The van der Waals surface area contributed by atoms with Crippen LogP contribution in [0.1, 0.15) is 5.56 Å². The number of rotatable bonds is 3. The molecular weight excluding hydrogens is 224 g/mol. The second-order valence-corrected chi connectivity index (χ2v) is 3.72. The van der Waals surface area contributed by atoms with Crippen LogP contribution in [0, 0.1) is 0 Å². The molecule has 0 spiro atoms. The highest BCUT2D eigenvalue weighted by Gasteiger charge is 1.99. The maximum Gasteiger partial charge on any atom is 0.152 e. The third-order valence-electron chi connectivity index (χ3n) is 2.18. The Kier molecular flexibility index (Phi) is 3.27. The lowest BCUT2D eigenvalue weighted by atomic mass is 10.2. The summed E-state index contributed by atoms with van der Waals surface area (Å²) in [6.07, 6.45) is 1.65. The van der Waals surface area contributed by atoms with Crippen LogP contribution in [-0.2, 0) is 6.54 Å². The predicted octanol–water partition coefficient (Wildman–Crippen LogP) is 3.05. The molecule has 0 fully saturated rings. The maximum atomic E-state index is 9.13. The third kappa shape index (κ3) is 2.64. The van der Waals surface area contributed by atoms with Gasteiger partial charge in [-0.05, 0) is 29.8 Å². The Balaban J connectivity index is 2.02. The lowest BCUT2D eigenvalue weighted by Crippen LogP contribution is -2.00. The van der Waals surface area contributed by atoms with E-state index in [0.717, 1.165) is 11.3 Å². The van der Waals surface area contributed by atoms with Gasteiger partial charge in [-0.1, -0.05) is 23.7 Å². The van der Waals surface area contributed by atoms with Gasteiger partial charge in [0, 0.05) is 12.7 Å². The second kappa shape index (κ2) is 4.86. The van der Waals surface area contributed by atoms with Crippen LogP contribution >= 0.6 is 11.6 Å². The summed E-state index contributed by atoms with van der Waals surface area (Å²) in [5.74, 6) is 0.267. The van der Waals surface area contributed by atoms with E-state index >= 15 is 0 Å². The van der Waals surface area contributed by atoms with Crippen LogP contribution in [0.15, 0.2) is 42.6 Å². The van der Waals surface area contributed by atoms with E-state index < -0.39 is 0 Å². The van der Waals surface area contributed by atoms with Crippen LogP contribution < -0.4 is 5.32 Å². The lowest BCUT2D eigenvalue weighted by Gasteiger charge is -2.07. The third-order valence-corrected chi connectivity index (χ3v) is 2.48. The molecule has 4 heteroatoms. The summed E-state index contributed by atoms with van der Waals surface area (Å²) in [6.45, 7) is 0.645. The van der Waals surface area contributed by atoms with Gasteiger partial charge in [0.1, 0.15) is 5.75 Å². The first-order valence-corrected chi connectivity index (χ1v) is 5.26. The zero-order valence-electron chi connectivity index (χ0n) is 8.52. The monoisotopic (exact) mass is 234 g/mol. The van der Waals surface area contributed by atoms with Crippen LogP contribution in [0.3, 0.4) is 0 Å². The Morgan fingerprint density at radius 2 is 1.94 bits per heavy atom. The molecule has 0 atom stereocenters. The minimum absolute atomic E-state index is 0.267. The minimum atomic E-state index is 0.267. The van der Waals surface area contributed by atoms with Crippen molar-refractivity contribution < 1.29 is 5.11 Å². The number of pyridine rings is 1. The molecule has 0 radical (unpaired) electrons. The van der Waals surface area contributed by atoms with E-state index in [4.69, 9.17) is 16.7 Å². The Morgan fingerprint density at radius 1 is 1.19 bits per heavy atom. The average molecular weight is 235 g/mol. The molecule has 3 nitrogen and oxygen atoms in total. The van der Waals surface area contributed by atoms with Crippen molar-refractivity contribution in [2.45, 2.75) is 6.54 Å². The van der Waals surface area contributed by atoms with Gasteiger partial charge in [0.05, 0.1) is 5.69 Å². The summed E-state index contributed by atoms with van der Waals surface area (Å²) >= 11 is 5.90. The van der Waals surface area contributed by atoms with E-state index in [1.165, 1.54) is 0 Å². The van der Waals surface area contributed by atoms with Crippen LogP contribution in [0.5, 0.6) is 5.75 Å². The van der Waals surface area contributed by atoms with E-state index in [-0.39, 0.29) is 5.75 Å². The predicted molar refractivity (Wildman–Crippen MR) is 64.7 cm³/mol. The maximum absolute atomic E-state index is 9.13. The van der Waals surface area contributed by atoms with Gasteiger partial charge >= 0.3 is 0 Å². The molecule has 1 aromatic carbocycles. The largest absolute Gasteiger partial charge is 0.508 e. The van der Waals surface area contributed by atoms with Gasteiger partial charge in [-0.2, -0.15) is 0 Å². The highest BCUT2D eigenvalue weighted by atomic mass is 35.5. The van der Waals surface area contributed by atoms with Crippen LogP contribution in [0.4, 0.5) is 5.69 Å². The van der Waals surface area contributed by atoms with Crippen molar-refractivity contribution >= 4 is 17.3 Å². The van der Waals surface area contributed by atoms with Crippen molar-refractivity contribution in [1.82, 2.24) is 4.98 Å². The number of nitrogens with one attached hydrogen (secondary N) is 1. The van der Waals surface area contributed by atoms with Gasteiger partial charge in [-0.25, -0.2) is 4.98 Å². The van der Waals surface area contributed by atoms with Gasteiger partial charge in [0.25, 0.3) is 0 Å². The van der Waals surface area contributed by atoms with Crippen molar-refractivity contribution in [1.29, 1.82) is 0 Å².